The summed E-state index contributed by atoms with van der Waals surface area (Å²) in [5, 5.41) is 27.2. The van der Waals surface area contributed by atoms with Gasteiger partial charge in [0.2, 0.25) is 0 Å². The lowest BCUT2D eigenvalue weighted by atomic mass is 10.0. The number of para-hydroxylation sites is 4. The summed E-state index contributed by atoms with van der Waals surface area (Å²) in [5.41, 5.74) is 12.6. The van der Waals surface area contributed by atoms with Crippen molar-refractivity contribution in [2.45, 2.75) is 0 Å². The van der Waals surface area contributed by atoms with Crippen molar-refractivity contribution in [1.82, 2.24) is 13.7 Å². The molecule has 0 amide bonds. The summed E-state index contributed by atoms with van der Waals surface area (Å²) in [5.74, 6) is 0. The summed E-state index contributed by atoms with van der Waals surface area (Å²) in [6, 6.07) is 66.0. The van der Waals surface area contributed by atoms with E-state index >= 15 is 0 Å². The van der Waals surface area contributed by atoms with Crippen LogP contribution in [0.3, 0.4) is 0 Å². The minimum Gasteiger partial charge on any atom is -0.309 e. The maximum Gasteiger partial charge on any atom is 0.101 e. The Morgan fingerprint density at radius 1 is 0.327 bits per heavy atom. The predicted octanol–water partition coefficient (Wildman–Crippen LogP) is 12.4. The maximum atomic E-state index is 10.5. The van der Waals surface area contributed by atoms with E-state index in [-0.39, 0.29) is 0 Å². The lowest BCUT2D eigenvalue weighted by Crippen LogP contribution is -1.99. The fourth-order valence-electron chi connectivity index (χ4n) is 8.77. The van der Waals surface area contributed by atoms with E-state index < -0.39 is 0 Å². The van der Waals surface area contributed by atoms with E-state index in [0.717, 1.165) is 71.8 Å². The molecule has 8 aromatic carbocycles. The molecule has 0 N–H and O–H groups in total. The Balaban J connectivity index is 1.10. The zero-order valence-electron chi connectivity index (χ0n) is 29.5. The van der Waals surface area contributed by atoms with Crippen molar-refractivity contribution in [1.29, 1.82) is 10.5 Å². The molecule has 0 unspecified atom stereocenters. The van der Waals surface area contributed by atoms with E-state index in [2.05, 4.69) is 165 Å². The molecule has 0 atom stereocenters. The van der Waals surface area contributed by atoms with E-state index in [9.17, 15) is 10.5 Å². The summed E-state index contributed by atoms with van der Waals surface area (Å²) < 4.78 is 6.83. The summed E-state index contributed by atoms with van der Waals surface area (Å²) in [7, 11) is 0. The van der Waals surface area contributed by atoms with Gasteiger partial charge in [-0.3, -0.25) is 0 Å². The molecule has 5 heteroatoms. The lowest BCUT2D eigenvalue weighted by molar-refractivity contribution is 1.16. The standard InChI is InChI=1S/C50H29N5/c51-30-34-24-23-33(32-11-9-13-36(27-32)54-46-21-8-4-17-41(46)50-35(31-52)12-10-22-48(50)54)28-49(34)55-45-20-7-3-16-40(45)42-29-37(25-26-47(42)55)53-43-18-5-1-14-38(43)39-15-2-6-19-44(39)53/h1-29H. The van der Waals surface area contributed by atoms with Crippen LogP contribution in [0.4, 0.5) is 0 Å². The molecular weight excluding hydrogens is 671 g/mol. The largest absolute Gasteiger partial charge is 0.309 e. The Morgan fingerprint density at radius 3 is 1.53 bits per heavy atom. The van der Waals surface area contributed by atoms with Crippen molar-refractivity contribution in [3.8, 4) is 40.3 Å². The SMILES string of the molecule is N#Cc1ccc(-c2cccc(-n3c4ccccc4c4c(C#N)cccc43)c2)cc1-n1c2ccccc2c2cc(-n3c4ccccc4c4ccccc43)ccc21. The van der Waals surface area contributed by atoms with Gasteiger partial charge >= 0.3 is 0 Å². The van der Waals surface area contributed by atoms with E-state index in [1.165, 1.54) is 21.8 Å². The molecule has 0 fully saturated rings. The van der Waals surface area contributed by atoms with Crippen molar-refractivity contribution in [2.24, 2.45) is 0 Å². The quantitative estimate of drug-likeness (QED) is 0.184. The minimum atomic E-state index is 0.598. The average molecular weight is 700 g/mol. The van der Waals surface area contributed by atoms with Gasteiger partial charge < -0.3 is 13.7 Å². The first-order valence-electron chi connectivity index (χ1n) is 18.3. The van der Waals surface area contributed by atoms with Gasteiger partial charge in [0.15, 0.2) is 0 Å². The molecule has 0 aliphatic rings. The number of nitrogens with zero attached hydrogens (tertiary/aromatic N) is 5. The lowest BCUT2D eigenvalue weighted by Gasteiger charge is -2.14. The van der Waals surface area contributed by atoms with Crippen LogP contribution in [0.5, 0.6) is 0 Å². The van der Waals surface area contributed by atoms with Crippen molar-refractivity contribution >= 4 is 65.4 Å². The number of benzene rings is 8. The number of hydrogen-bond acceptors (Lipinski definition) is 2. The van der Waals surface area contributed by atoms with E-state index in [4.69, 9.17) is 0 Å². The highest BCUT2D eigenvalue weighted by Crippen LogP contribution is 2.39. The van der Waals surface area contributed by atoms with Crippen LogP contribution in [0.1, 0.15) is 11.1 Å². The molecule has 5 nitrogen and oxygen atoms in total. The number of hydrogen-bond donors (Lipinski definition) is 0. The minimum absolute atomic E-state index is 0.598. The number of nitriles is 2. The van der Waals surface area contributed by atoms with Gasteiger partial charge in [-0.15, -0.1) is 0 Å². The average Bonchev–Trinajstić information content (AvgIpc) is 3.89. The third-order valence-electron chi connectivity index (χ3n) is 11.1. The molecule has 0 spiro atoms. The molecule has 11 aromatic rings. The van der Waals surface area contributed by atoms with Crippen LogP contribution in [0.15, 0.2) is 176 Å². The van der Waals surface area contributed by atoms with Gasteiger partial charge in [-0.1, -0.05) is 97.1 Å². The van der Waals surface area contributed by atoms with Crippen molar-refractivity contribution in [2.75, 3.05) is 0 Å². The number of aromatic nitrogens is 3. The van der Waals surface area contributed by atoms with Crippen LogP contribution < -0.4 is 0 Å². The number of rotatable bonds is 4. The third kappa shape index (κ3) is 4.45. The first-order chi connectivity index (χ1) is 27.2. The summed E-state index contributed by atoms with van der Waals surface area (Å²) >= 11 is 0. The normalized spacial score (nSPS) is 11.6. The molecule has 0 radical (unpaired) electrons. The fraction of sp³-hybridized carbons (Fsp3) is 0. The Morgan fingerprint density at radius 2 is 0.836 bits per heavy atom. The van der Waals surface area contributed by atoms with Gasteiger partial charge in [-0.25, -0.2) is 0 Å². The molecule has 3 aromatic heterocycles. The van der Waals surface area contributed by atoms with Gasteiger partial charge in [0.25, 0.3) is 0 Å². The zero-order valence-corrected chi connectivity index (χ0v) is 29.5. The van der Waals surface area contributed by atoms with Crippen LogP contribution in [0, 0.1) is 22.7 Å². The second-order valence-corrected chi connectivity index (χ2v) is 14.0. The molecule has 55 heavy (non-hydrogen) atoms. The zero-order chi connectivity index (χ0) is 36.6. The summed E-state index contributed by atoms with van der Waals surface area (Å²) in [6.45, 7) is 0. The molecule has 0 aliphatic heterocycles. The maximum absolute atomic E-state index is 10.5. The summed E-state index contributed by atoms with van der Waals surface area (Å²) in [4.78, 5) is 0. The number of fused-ring (bicyclic) bond motifs is 9. The van der Waals surface area contributed by atoms with Crippen LogP contribution in [-0.2, 0) is 0 Å². The van der Waals surface area contributed by atoms with Gasteiger partial charge in [-0.05, 0) is 90.0 Å². The Bertz CT molecular complexity index is 3420. The Labute approximate surface area is 316 Å². The van der Waals surface area contributed by atoms with Crippen LogP contribution in [0.2, 0.25) is 0 Å². The van der Waals surface area contributed by atoms with Crippen molar-refractivity contribution in [3.05, 3.63) is 187 Å². The molecule has 0 bridgehead atoms. The fourth-order valence-corrected chi connectivity index (χ4v) is 8.77. The highest BCUT2D eigenvalue weighted by molar-refractivity contribution is 6.13. The molecule has 0 saturated heterocycles. The molecular formula is C50H29N5. The van der Waals surface area contributed by atoms with Gasteiger partial charge in [0, 0.05) is 43.7 Å². The van der Waals surface area contributed by atoms with Crippen molar-refractivity contribution in [3.63, 3.8) is 0 Å². The van der Waals surface area contributed by atoms with Gasteiger partial charge in [-0.2, -0.15) is 10.5 Å². The van der Waals surface area contributed by atoms with Crippen LogP contribution in [-0.4, -0.2) is 13.7 Å². The molecule has 3 heterocycles. The predicted molar refractivity (Wildman–Crippen MR) is 224 cm³/mol. The van der Waals surface area contributed by atoms with E-state index in [1.807, 2.05) is 36.4 Å². The van der Waals surface area contributed by atoms with E-state index in [0.29, 0.717) is 11.1 Å². The molecule has 11 rings (SSSR count). The Kier molecular flexibility index (Phi) is 6.61. The first kappa shape index (κ1) is 30.7. The highest BCUT2D eigenvalue weighted by Gasteiger charge is 2.19. The topological polar surface area (TPSA) is 62.4 Å². The molecule has 0 saturated carbocycles. The smallest absolute Gasteiger partial charge is 0.101 e. The van der Waals surface area contributed by atoms with E-state index in [1.54, 1.807) is 0 Å². The molecule has 254 valence electrons. The van der Waals surface area contributed by atoms with Crippen LogP contribution in [0.25, 0.3) is 93.6 Å². The monoisotopic (exact) mass is 699 g/mol. The summed E-state index contributed by atoms with van der Waals surface area (Å²) in [6.07, 6.45) is 0. The highest BCUT2D eigenvalue weighted by atomic mass is 15.0. The van der Waals surface area contributed by atoms with Crippen molar-refractivity contribution < 1.29 is 0 Å². The Hall–Kier alpha value is -7.86. The third-order valence-corrected chi connectivity index (χ3v) is 11.1. The molecule has 0 aliphatic carbocycles. The second kappa shape index (κ2) is 11.8. The van der Waals surface area contributed by atoms with Crippen LogP contribution >= 0.6 is 0 Å². The first-order valence-corrected chi connectivity index (χ1v) is 18.3. The van der Waals surface area contributed by atoms with Gasteiger partial charge in [0.1, 0.15) is 6.07 Å². The van der Waals surface area contributed by atoms with Gasteiger partial charge in [0.05, 0.1) is 56.0 Å². The second-order valence-electron chi connectivity index (χ2n) is 14.0.